The summed E-state index contributed by atoms with van der Waals surface area (Å²) in [5.74, 6) is 0.886. The van der Waals surface area contributed by atoms with Crippen molar-refractivity contribution in [2.24, 2.45) is 0 Å². The average molecular weight is 386 g/mol. The molecule has 0 radical (unpaired) electrons. The molecule has 1 aromatic carbocycles. The van der Waals surface area contributed by atoms with Gasteiger partial charge in [0, 0.05) is 18.8 Å². The summed E-state index contributed by atoms with van der Waals surface area (Å²) in [6.07, 6.45) is 8.52. The molecular formula is C21H27N3O2S. The molecule has 6 heteroatoms. The minimum Gasteiger partial charge on any atom is -0.367 e. The largest absolute Gasteiger partial charge is 0.367 e. The highest BCUT2D eigenvalue weighted by Crippen LogP contribution is 2.36. The first kappa shape index (κ1) is 18.4. The first-order valence-corrected chi connectivity index (χ1v) is 11.3. The highest BCUT2D eigenvalue weighted by molar-refractivity contribution is 7.89. The molecule has 0 amide bonds. The summed E-state index contributed by atoms with van der Waals surface area (Å²) in [5.41, 5.74) is 2.03. The Kier molecular flexibility index (Phi) is 5.19. The molecule has 27 heavy (non-hydrogen) atoms. The average Bonchev–Trinajstić information content (AvgIpc) is 3.35. The number of aromatic nitrogens is 1. The highest BCUT2D eigenvalue weighted by atomic mass is 32.2. The van der Waals surface area contributed by atoms with Gasteiger partial charge in [-0.25, -0.2) is 13.4 Å². The third-order valence-electron chi connectivity index (χ3n) is 5.71. The van der Waals surface area contributed by atoms with E-state index in [4.69, 9.17) is 0 Å². The molecule has 0 bridgehead atoms. The van der Waals surface area contributed by atoms with Gasteiger partial charge in [-0.1, -0.05) is 36.6 Å². The summed E-state index contributed by atoms with van der Waals surface area (Å²) in [6.45, 7) is 2.52. The molecule has 1 saturated heterocycles. The number of nitrogens with zero attached hydrogens (tertiary/aromatic N) is 2. The molecule has 2 fully saturated rings. The van der Waals surface area contributed by atoms with E-state index in [-0.39, 0.29) is 6.04 Å². The van der Waals surface area contributed by atoms with Crippen LogP contribution in [0, 0.1) is 6.92 Å². The molecule has 1 saturated carbocycles. The van der Waals surface area contributed by atoms with Crippen LogP contribution in [0.2, 0.25) is 0 Å². The van der Waals surface area contributed by atoms with Crippen molar-refractivity contribution in [1.29, 1.82) is 0 Å². The molecule has 5 nitrogen and oxygen atoms in total. The van der Waals surface area contributed by atoms with Crippen molar-refractivity contribution < 1.29 is 8.42 Å². The van der Waals surface area contributed by atoms with Gasteiger partial charge in [0.25, 0.3) is 0 Å². The maximum atomic E-state index is 13.1. The quantitative estimate of drug-likeness (QED) is 0.835. The molecule has 1 aliphatic carbocycles. The summed E-state index contributed by atoms with van der Waals surface area (Å²) < 4.78 is 27.9. The standard InChI is InChI=1S/C21H27N3O2S/c1-16-8-11-19(12-9-16)27(25,26)24-14-4-7-20(24)17-10-13-21(22-15-17)23-18-5-2-3-6-18/h8-13,15,18,20H,2-7,14H2,1H3,(H,22,23). The topological polar surface area (TPSA) is 62.3 Å². The summed E-state index contributed by atoms with van der Waals surface area (Å²) in [6, 6.07) is 11.5. The van der Waals surface area contributed by atoms with Gasteiger partial charge >= 0.3 is 0 Å². The number of nitrogens with one attached hydrogen (secondary N) is 1. The van der Waals surface area contributed by atoms with Crippen LogP contribution in [-0.2, 0) is 10.0 Å². The zero-order valence-corrected chi connectivity index (χ0v) is 16.6. The zero-order valence-electron chi connectivity index (χ0n) is 15.8. The Morgan fingerprint density at radius 2 is 1.74 bits per heavy atom. The predicted octanol–water partition coefficient (Wildman–Crippen LogP) is 4.27. The molecule has 144 valence electrons. The van der Waals surface area contributed by atoms with Gasteiger partial charge in [0.1, 0.15) is 5.82 Å². The third-order valence-corrected chi connectivity index (χ3v) is 7.63. The van der Waals surface area contributed by atoms with Gasteiger partial charge in [-0.2, -0.15) is 4.31 Å². The van der Waals surface area contributed by atoms with Crippen LogP contribution in [0.1, 0.15) is 55.7 Å². The Morgan fingerprint density at radius 1 is 1.00 bits per heavy atom. The van der Waals surface area contributed by atoms with E-state index in [2.05, 4.69) is 10.3 Å². The highest BCUT2D eigenvalue weighted by Gasteiger charge is 2.36. The minimum absolute atomic E-state index is 0.135. The predicted molar refractivity (Wildman–Crippen MR) is 107 cm³/mol. The van der Waals surface area contributed by atoms with Crippen molar-refractivity contribution in [3.05, 3.63) is 53.7 Å². The molecule has 1 atom stereocenters. The lowest BCUT2D eigenvalue weighted by Crippen LogP contribution is -2.30. The number of aryl methyl sites for hydroxylation is 1. The first-order valence-electron chi connectivity index (χ1n) is 9.85. The molecule has 2 aromatic rings. The van der Waals surface area contributed by atoms with E-state index < -0.39 is 10.0 Å². The SMILES string of the molecule is Cc1ccc(S(=O)(=O)N2CCCC2c2ccc(NC3CCCC3)nc2)cc1. The lowest BCUT2D eigenvalue weighted by Gasteiger charge is -2.24. The number of anilines is 1. The first-order chi connectivity index (χ1) is 13.0. The van der Waals surface area contributed by atoms with E-state index in [0.717, 1.165) is 29.8 Å². The maximum absolute atomic E-state index is 13.1. The number of rotatable bonds is 5. The summed E-state index contributed by atoms with van der Waals surface area (Å²) >= 11 is 0. The number of sulfonamides is 1. The van der Waals surface area contributed by atoms with Crippen LogP contribution in [0.25, 0.3) is 0 Å². The van der Waals surface area contributed by atoms with Gasteiger partial charge < -0.3 is 5.32 Å². The fraction of sp³-hybridized carbons (Fsp3) is 0.476. The molecule has 2 aliphatic rings. The zero-order chi connectivity index (χ0) is 18.9. The molecule has 1 N–H and O–H groups in total. The van der Waals surface area contributed by atoms with Crippen molar-refractivity contribution in [2.45, 2.75) is 62.4 Å². The van der Waals surface area contributed by atoms with Gasteiger partial charge in [-0.3, -0.25) is 0 Å². The fourth-order valence-electron chi connectivity index (χ4n) is 4.17. The molecule has 1 unspecified atom stereocenters. The van der Waals surface area contributed by atoms with Crippen LogP contribution in [0.4, 0.5) is 5.82 Å². The van der Waals surface area contributed by atoms with E-state index in [1.54, 1.807) is 16.4 Å². The summed E-state index contributed by atoms with van der Waals surface area (Å²) in [7, 11) is -3.49. The maximum Gasteiger partial charge on any atom is 0.243 e. The normalized spacial score (nSPS) is 21.6. The van der Waals surface area contributed by atoms with Crippen molar-refractivity contribution in [2.75, 3.05) is 11.9 Å². The Hall–Kier alpha value is -1.92. The minimum atomic E-state index is -3.49. The van der Waals surface area contributed by atoms with Gasteiger partial charge in [0.05, 0.1) is 10.9 Å². The van der Waals surface area contributed by atoms with E-state index in [9.17, 15) is 8.42 Å². The lowest BCUT2D eigenvalue weighted by molar-refractivity contribution is 0.396. The van der Waals surface area contributed by atoms with Gasteiger partial charge in [0.15, 0.2) is 0 Å². The molecular weight excluding hydrogens is 358 g/mol. The Labute approximate surface area is 161 Å². The number of pyridine rings is 1. The van der Waals surface area contributed by atoms with Crippen LogP contribution in [0.3, 0.4) is 0 Å². The Morgan fingerprint density at radius 3 is 2.41 bits per heavy atom. The smallest absolute Gasteiger partial charge is 0.243 e. The van der Waals surface area contributed by atoms with E-state index in [0.29, 0.717) is 17.5 Å². The van der Waals surface area contributed by atoms with Crippen molar-refractivity contribution in [1.82, 2.24) is 9.29 Å². The number of benzene rings is 1. The third kappa shape index (κ3) is 3.87. The van der Waals surface area contributed by atoms with Crippen molar-refractivity contribution in [3.8, 4) is 0 Å². The van der Waals surface area contributed by atoms with E-state index >= 15 is 0 Å². The molecule has 0 spiro atoms. The van der Waals surface area contributed by atoms with Crippen molar-refractivity contribution in [3.63, 3.8) is 0 Å². The van der Waals surface area contributed by atoms with E-state index in [1.807, 2.05) is 37.4 Å². The summed E-state index contributed by atoms with van der Waals surface area (Å²) in [4.78, 5) is 4.92. The van der Waals surface area contributed by atoms with Crippen LogP contribution in [0.5, 0.6) is 0 Å². The monoisotopic (exact) mass is 385 g/mol. The van der Waals surface area contributed by atoms with Crippen LogP contribution in [0.15, 0.2) is 47.5 Å². The van der Waals surface area contributed by atoms with Crippen LogP contribution >= 0.6 is 0 Å². The molecule has 2 heterocycles. The van der Waals surface area contributed by atoms with Gasteiger partial charge in [-0.05, 0) is 56.4 Å². The molecule has 1 aliphatic heterocycles. The Balaban J connectivity index is 1.53. The van der Waals surface area contributed by atoms with Crippen LogP contribution < -0.4 is 5.32 Å². The van der Waals surface area contributed by atoms with Crippen LogP contribution in [-0.4, -0.2) is 30.3 Å². The second-order valence-electron chi connectivity index (χ2n) is 7.69. The number of hydrogen-bond acceptors (Lipinski definition) is 4. The second-order valence-corrected chi connectivity index (χ2v) is 9.58. The lowest BCUT2D eigenvalue weighted by atomic mass is 10.1. The molecule has 4 rings (SSSR count). The summed E-state index contributed by atoms with van der Waals surface area (Å²) in [5, 5.41) is 3.49. The van der Waals surface area contributed by atoms with Gasteiger partial charge in [-0.15, -0.1) is 0 Å². The number of hydrogen-bond donors (Lipinski definition) is 1. The molecule has 1 aromatic heterocycles. The Bertz CT molecular complexity index is 873. The van der Waals surface area contributed by atoms with Crippen molar-refractivity contribution >= 4 is 15.8 Å². The van der Waals surface area contributed by atoms with E-state index in [1.165, 1.54) is 25.7 Å². The fourth-order valence-corrected chi connectivity index (χ4v) is 5.86. The second kappa shape index (κ2) is 7.60. The van der Waals surface area contributed by atoms with Gasteiger partial charge in [0.2, 0.25) is 10.0 Å².